The topological polar surface area (TPSA) is 77.1 Å². The minimum Gasteiger partial charge on any atom is -0.489 e. The fraction of sp³-hybridized carbons (Fsp3) is 0.0952. The van der Waals surface area contributed by atoms with Crippen molar-refractivity contribution in [2.45, 2.75) is 6.42 Å². The van der Waals surface area contributed by atoms with E-state index in [9.17, 15) is 4.79 Å². The van der Waals surface area contributed by atoms with Gasteiger partial charge in [0, 0.05) is 29.8 Å². The number of carbonyl (C=O) groups excluding carboxylic acids is 1. The molecule has 8 heteroatoms. The molecule has 2 aromatic carbocycles. The third-order valence-corrected chi connectivity index (χ3v) is 5.36. The van der Waals surface area contributed by atoms with Crippen LogP contribution in [0.4, 0.5) is 0 Å². The number of aromatic nitrogens is 3. The maximum Gasteiger partial charge on any atom is 0.196 e. The number of carbonyl (C=O) groups is 1. The minimum atomic E-state index is -0.284. The predicted molar refractivity (Wildman–Crippen MR) is 109 cm³/mol. The minimum absolute atomic E-state index is 0.202. The zero-order valence-electron chi connectivity index (χ0n) is 14.9. The number of rotatable bonds is 4. The Labute approximate surface area is 175 Å². The van der Waals surface area contributed by atoms with Crippen molar-refractivity contribution in [2.75, 3.05) is 6.61 Å². The van der Waals surface area contributed by atoms with E-state index in [0.29, 0.717) is 40.3 Å². The number of hydrogen-bond acceptors (Lipinski definition) is 5. The number of benzene rings is 2. The Morgan fingerprint density at radius 2 is 2.03 bits per heavy atom. The number of halogens is 2. The van der Waals surface area contributed by atoms with Gasteiger partial charge in [-0.05, 0) is 18.2 Å². The van der Waals surface area contributed by atoms with E-state index < -0.39 is 0 Å². The molecule has 0 atom stereocenters. The van der Waals surface area contributed by atoms with Gasteiger partial charge in [-0.3, -0.25) is 4.79 Å². The highest BCUT2D eigenvalue weighted by Crippen LogP contribution is 2.39. The van der Waals surface area contributed by atoms with Gasteiger partial charge in [0.1, 0.15) is 22.9 Å². The molecule has 0 saturated heterocycles. The normalized spacial score (nSPS) is 12.6. The quantitative estimate of drug-likeness (QED) is 0.358. The van der Waals surface area contributed by atoms with E-state index in [1.807, 2.05) is 18.2 Å². The number of aromatic amines is 1. The Kier molecular flexibility index (Phi) is 4.38. The molecule has 0 unspecified atom stereocenters. The van der Waals surface area contributed by atoms with Crippen molar-refractivity contribution in [3.8, 4) is 17.2 Å². The fourth-order valence-electron chi connectivity index (χ4n) is 3.38. The molecule has 0 bridgehead atoms. The first kappa shape index (κ1) is 18.0. The van der Waals surface area contributed by atoms with Crippen LogP contribution in [0.5, 0.6) is 17.2 Å². The Morgan fingerprint density at radius 1 is 1.14 bits per heavy atom. The van der Waals surface area contributed by atoms with Crippen LogP contribution >= 0.6 is 23.2 Å². The van der Waals surface area contributed by atoms with Gasteiger partial charge in [-0.1, -0.05) is 35.3 Å². The van der Waals surface area contributed by atoms with Gasteiger partial charge >= 0.3 is 0 Å². The SMILES string of the molecule is O=C(c1ccc(Oc2cccc3c2OCC3)cc1Cl)c1c[nH]c2ncnc(Cl)c12. The predicted octanol–water partition coefficient (Wildman–Crippen LogP) is 5.22. The molecule has 2 aromatic heterocycles. The van der Waals surface area contributed by atoms with E-state index >= 15 is 0 Å². The summed E-state index contributed by atoms with van der Waals surface area (Å²) in [5.74, 6) is 1.59. The molecule has 29 heavy (non-hydrogen) atoms. The van der Waals surface area contributed by atoms with Gasteiger partial charge in [-0.2, -0.15) is 0 Å². The lowest BCUT2D eigenvalue weighted by atomic mass is 10.0. The monoisotopic (exact) mass is 425 g/mol. The molecular formula is C21H13Cl2N3O3. The second kappa shape index (κ2) is 7.06. The summed E-state index contributed by atoms with van der Waals surface area (Å²) in [6.45, 7) is 0.640. The lowest BCUT2D eigenvalue weighted by molar-refractivity contribution is 0.104. The fourth-order valence-corrected chi connectivity index (χ4v) is 3.88. The number of nitrogens with zero attached hydrogens (tertiary/aromatic N) is 2. The van der Waals surface area contributed by atoms with Gasteiger partial charge in [-0.25, -0.2) is 9.97 Å². The summed E-state index contributed by atoms with van der Waals surface area (Å²) >= 11 is 12.6. The molecule has 1 aliphatic heterocycles. The third kappa shape index (κ3) is 3.10. The average molecular weight is 426 g/mol. The molecule has 6 nitrogen and oxygen atoms in total. The Balaban J connectivity index is 1.47. The number of ether oxygens (including phenoxy) is 2. The van der Waals surface area contributed by atoms with Gasteiger partial charge in [0.05, 0.1) is 22.6 Å². The van der Waals surface area contributed by atoms with Crippen LogP contribution in [-0.2, 0) is 6.42 Å². The lowest BCUT2D eigenvalue weighted by Gasteiger charge is -2.11. The molecule has 0 radical (unpaired) electrons. The summed E-state index contributed by atoms with van der Waals surface area (Å²) < 4.78 is 11.6. The summed E-state index contributed by atoms with van der Waals surface area (Å²) in [6, 6.07) is 10.7. The Hall–Kier alpha value is -3.09. The third-order valence-electron chi connectivity index (χ3n) is 4.76. The Bertz CT molecular complexity index is 1270. The zero-order chi connectivity index (χ0) is 20.0. The summed E-state index contributed by atoms with van der Waals surface area (Å²) in [7, 11) is 0. The number of para-hydroxylation sites is 1. The first-order chi connectivity index (χ1) is 14.1. The molecule has 0 saturated carbocycles. The first-order valence-corrected chi connectivity index (χ1v) is 9.62. The molecule has 0 amide bonds. The number of ketones is 1. The largest absolute Gasteiger partial charge is 0.489 e. The number of nitrogens with one attached hydrogen (secondary N) is 1. The highest BCUT2D eigenvalue weighted by atomic mass is 35.5. The van der Waals surface area contributed by atoms with Crippen molar-refractivity contribution in [3.63, 3.8) is 0 Å². The van der Waals surface area contributed by atoms with Crippen LogP contribution < -0.4 is 9.47 Å². The van der Waals surface area contributed by atoms with E-state index in [2.05, 4.69) is 15.0 Å². The highest BCUT2D eigenvalue weighted by molar-refractivity contribution is 6.38. The molecular weight excluding hydrogens is 413 g/mol. The average Bonchev–Trinajstić information content (AvgIpc) is 3.36. The Morgan fingerprint density at radius 3 is 2.90 bits per heavy atom. The maximum absolute atomic E-state index is 13.0. The molecule has 3 heterocycles. The van der Waals surface area contributed by atoms with Crippen molar-refractivity contribution in [2.24, 2.45) is 0 Å². The van der Waals surface area contributed by atoms with Gasteiger partial charge in [0.2, 0.25) is 0 Å². The molecule has 144 valence electrons. The van der Waals surface area contributed by atoms with Crippen LogP contribution in [0.25, 0.3) is 11.0 Å². The number of hydrogen-bond donors (Lipinski definition) is 1. The second-order valence-corrected chi connectivity index (χ2v) is 7.27. The van der Waals surface area contributed by atoms with Crippen molar-refractivity contribution in [1.82, 2.24) is 15.0 Å². The molecule has 0 aliphatic carbocycles. The molecule has 0 spiro atoms. The molecule has 5 rings (SSSR count). The number of H-pyrrole nitrogens is 1. The summed E-state index contributed by atoms with van der Waals surface area (Å²) in [5.41, 5.74) is 2.28. The smallest absolute Gasteiger partial charge is 0.196 e. The van der Waals surface area contributed by atoms with Gasteiger partial charge < -0.3 is 14.5 Å². The van der Waals surface area contributed by atoms with Gasteiger partial charge in [0.15, 0.2) is 17.3 Å². The van der Waals surface area contributed by atoms with Crippen LogP contribution in [-0.4, -0.2) is 27.3 Å². The summed E-state index contributed by atoms with van der Waals surface area (Å²) in [5, 5.41) is 0.935. The lowest BCUT2D eigenvalue weighted by Crippen LogP contribution is -2.02. The zero-order valence-corrected chi connectivity index (χ0v) is 16.4. The summed E-state index contributed by atoms with van der Waals surface area (Å²) in [6.07, 6.45) is 3.75. The van der Waals surface area contributed by atoms with E-state index in [-0.39, 0.29) is 16.0 Å². The van der Waals surface area contributed by atoms with Crippen molar-refractivity contribution in [1.29, 1.82) is 0 Å². The van der Waals surface area contributed by atoms with Crippen molar-refractivity contribution >= 4 is 40.0 Å². The maximum atomic E-state index is 13.0. The van der Waals surface area contributed by atoms with Crippen LogP contribution in [0.2, 0.25) is 10.2 Å². The van der Waals surface area contributed by atoms with Crippen molar-refractivity contribution in [3.05, 3.63) is 75.8 Å². The molecule has 1 aliphatic rings. The molecule has 4 aromatic rings. The van der Waals surface area contributed by atoms with Crippen LogP contribution in [0.15, 0.2) is 48.9 Å². The summed E-state index contributed by atoms with van der Waals surface area (Å²) in [4.78, 5) is 24.0. The first-order valence-electron chi connectivity index (χ1n) is 8.86. The molecule has 1 N–H and O–H groups in total. The van der Waals surface area contributed by atoms with E-state index in [0.717, 1.165) is 17.7 Å². The van der Waals surface area contributed by atoms with Gasteiger partial charge in [-0.15, -0.1) is 0 Å². The second-order valence-electron chi connectivity index (χ2n) is 6.51. The van der Waals surface area contributed by atoms with Crippen molar-refractivity contribution < 1.29 is 14.3 Å². The van der Waals surface area contributed by atoms with E-state index in [1.165, 1.54) is 6.33 Å². The van der Waals surface area contributed by atoms with E-state index in [1.54, 1.807) is 24.4 Å². The van der Waals surface area contributed by atoms with Crippen LogP contribution in [0, 0.1) is 0 Å². The standard InChI is InChI=1S/C21H13Cl2N3O3/c22-15-8-12(29-16-3-1-2-11-6-7-28-19(11)16)4-5-13(15)18(27)14-9-24-21-17(14)20(23)25-10-26-21/h1-5,8-10H,6-7H2,(H,24,25,26). The van der Waals surface area contributed by atoms with Crippen LogP contribution in [0.1, 0.15) is 21.5 Å². The highest BCUT2D eigenvalue weighted by Gasteiger charge is 2.21. The van der Waals surface area contributed by atoms with E-state index in [4.69, 9.17) is 32.7 Å². The number of fused-ring (bicyclic) bond motifs is 2. The molecule has 0 fully saturated rings. The van der Waals surface area contributed by atoms with Crippen LogP contribution in [0.3, 0.4) is 0 Å². The van der Waals surface area contributed by atoms with Gasteiger partial charge in [0.25, 0.3) is 0 Å².